The Bertz CT molecular complexity index is 465. The van der Waals surface area contributed by atoms with Crippen LogP contribution in [0.1, 0.15) is 12.6 Å². The van der Waals surface area contributed by atoms with Crippen LogP contribution in [-0.2, 0) is 6.54 Å². The number of nitrogens with zero attached hydrogens (tertiary/aromatic N) is 4. The Morgan fingerprint density at radius 1 is 1.35 bits per heavy atom. The molecule has 17 heavy (non-hydrogen) atoms. The van der Waals surface area contributed by atoms with Crippen LogP contribution in [-0.4, -0.2) is 26.5 Å². The van der Waals surface area contributed by atoms with E-state index in [4.69, 9.17) is 23.2 Å². The van der Waals surface area contributed by atoms with E-state index >= 15 is 0 Å². The fraction of sp³-hybridized carbons (Fsp3) is 0.300. The molecule has 0 fully saturated rings. The van der Waals surface area contributed by atoms with Crippen molar-refractivity contribution < 1.29 is 0 Å². The highest BCUT2D eigenvalue weighted by Gasteiger charge is 2.10. The summed E-state index contributed by atoms with van der Waals surface area (Å²) in [5, 5.41) is 0.485. The molecule has 5 nitrogen and oxygen atoms in total. The Hall–Kier alpha value is -1.33. The molecule has 0 aromatic carbocycles. The minimum Gasteiger partial charge on any atom is -0.351 e. The van der Waals surface area contributed by atoms with Gasteiger partial charge in [-0.3, -0.25) is 0 Å². The third kappa shape index (κ3) is 3.08. The first-order chi connectivity index (χ1) is 8.19. The van der Waals surface area contributed by atoms with Crippen molar-refractivity contribution in [1.29, 1.82) is 0 Å². The molecule has 0 radical (unpaired) electrons. The average molecular weight is 272 g/mol. The molecule has 1 N–H and O–H groups in total. The average Bonchev–Trinajstić information content (AvgIpc) is 2.77. The van der Waals surface area contributed by atoms with Gasteiger partial charge in [0.15, 0.2) is 0 Å². The highest BCUT2D eigenvalue weighted by molar-refractivity contribution is 6.32. The maximum atomic E-state index is 5.85. The summed E-state index contributed by atoms with van der Waals surface area (Å²) in [5.41, 5.74) is 0.998. The number of rotatable bonds is 4. The van der Waals surface area contributed by atoms with E-state index in [0.29, 0.717) is 17.5 Å². The lowest BCUT2D eigenvalue weighted by molar-refractivity contribution is 0.795. The zero-order valence-corrected chi connectivity index (χ0v) is 10.7. The zero-order valence-electron chi connectivity index (χ0n) is 9.19. The van der Waals surface area contributed by atoms with E-state index in [1.54, 1.807) is 18.6 Å². The lowest BCUT2D eigenvalue weighted by Gasteiger charge is -2.21. The second-order valence-corrected chi connectivity index (χ2v) is 4.13. The molecule has 0 aliphatic rings. The number of H-pyrrole nitrogens is 1. The second kappa shape index (κ2) is 5.33. The number of hydrogen-bond donors (Lipinski definition) is 1. The Balaban J connectivity index is 2.22. The molecule has 90 valence electrons. The molecule has 0 saturated carbocycles. The van der Waals surface area contributed by atoms with Gasteiger partial charge in [-0.1, -0.05) is 11.6 Å². The number of imidazole rings is 1. The topological polar surface area (TPSA) is 57.7 Å². The molecule has 2 rings (SSSR count). The molecule has 2 aromatic heterocycles. The molecular formula is C10H11Cl2N5. The maximum Gasteiger partial charge on any atom is 0.225 e. The molecule has 0 unspecified atom stereocenters. The van der Waals surface area contributed by atoms with Crippen molar-refractivity contribution in [3.63, 3.8) is 0 Å². The Morgan fingerprint density at radius 2 is 2.18 bits per heavy atom. The van der Waals surface area contributed by atoms with E-state index in [-0.39, 0.29) is 5.28 Å². The molecule has 0 bridgehead atoms. The summed E-state index contributed by atoms with van der Waals surface area (Å²) in [6, 6.07) is 1.69. The third-order valence-electron chi connectivity index (χ3n) is 2.28. The first-order valence-electron chi connectivity index (χ1n) is 5.11. The minimum absolute atomic E-state index is 0.149. The SMILES string of the molecule is CCN(Cc1cnc[nH]1)c1cc(Cl)nc(Cl)n1. The normalized spacial score (nSPS) is 10.5. The Morgan fingerprint density at radius 3 is 2.76 bits per heavy atom. The van der Waals surface area contributed by atoms with Crippen molar-refractivity contribution in [1.82, 2.24) is 19.9 Å². The minimum atomic E-state index is 0.149. The third-order valence-corrected chi connectivity index (χ3v) is 2.64. The van der Waals surface area contributed by atoms with Crippen molar-refractivity contribution in [2.45, 2.75) is 13.5 Å². The first-order valence-corrected chi connectivity index (χ1v) is 5.87. The summed E-state index contributed by atoms with van der Waals surface area (Å²) in [4.78, 5) is 17.0. The molecule has 0 amide bonds. The molecule has 0 saturated heterocycles. The van der Waals surface area contributed by atoms with Gasteiger partial charge >= 0.3 is 0 Å². The van der Waals surface area contributed by atoms with Crippen LogP contribution in [0.5, 0.6) is 0 Å². The van der Waals surface area contributed by atoms with Gasteiger partial charge in [-0.2, -0.15) is 0 Å². The van der Waals surface area contributed by atoms with E-state index in [1.807, 2.05) is 11.8 Å². The Kier molecular flexibility index (Phi) is 3.81. The monoisotopic (exact) mass is 271 g/mol. The van der Waals surface area contributed by atoms with E-state index in [1.165, 1.54) is 0 Å². The Labute approximate surface area is 109 Å². The fourth-order valence-electron chi connectivity index (χ4n) is 1.47. The predicted molar refractivity (Wildman–Crippen MR) is 67.4 cm³/mol. The lowest BCUT2D eigenvalue weighted by Crippen LogP contribution is -2.23. The van der Waals surface area contributed by atoms with Crippen molar-refractivity contribution in [3.8, 4) is 0 Å². The van der Waals surface area contributed by atoms with E-state index in [0.717, 1.165) is 12.2 Å². The van der Waals surface area contributed by atoms with E-state index < -0.39 is 0 Å². The number of aromatic nitrogens is 4. The van der Waals surface area contributed by atoms with Crippen LogP contribution >= 0.6 is 23.2 Å². The standard InChI is InChI=1S/C10H11Cl2N5/c1-2-17(5-7-4-13-6-14-7)9-3-8(11)15-10(12)16-9/h3-4,6H,2,5H2,1H3,(H,13,14). The van der Waals surface area contributed by atoms with Gasteiger partial charge < -0.3 is 9.88 Å². The lowest BCUT2D eigenvalue weighted by atomic mass is 10.4. The molecule has 7 heteroatoms. The summed E-state index contributed by atoms with van der Waals surface area (Å²) >= 11 is 11.6. The molecule has 0 aliphatic carbocycles. The van der Waals surface area contributed by atoms with Crippen molar-refractivity contribution in [2.24, 2.45) is 0 Å². The highest BCUT2D eigenvalue weighted by atomic mass is 35.5. The summed E-state index contributed by atoms with van der Waals surface area (Å²) in [6.45, 7) is 3.48. The number of hydrogen-bond acceptors (Lipinski definition) is 4. The van der Waals surface area contributed by atoms with Gasteiger partial charge in [0.25, 0.3) is 0 Å². The smallest absolute Gasteiger partial charge is 0.225 e. The number of halogens is 2. The number of nitrogens with one attached hydrogen (secondary N) is 1. The van der Waals surface area contributed by atoms with E-state index in [9.17, 15) is 0 Å². The van der Waals surface area contributed by atoms with Gasteiger partial charge in [0.1, 0.15) is 11.0 Å². The van der Waals surface area contributed by atoms with Gasteiger partial charge in [-0.25, -0.2) is 15.0 Å². The number of aromatic amines is 1. The zero-order chi connectivity index (χ0) is 12.3. The van der Waals surface area contributed by atoms with Crippen LogP contribution in [0.15, 0.2) is 18.6 Å². The fourth-order valence-corrected chi connectivity index (χ4v) is 1.87. The van der Waals surface area contributed by atoms with Crippen molar-refractivity contribution in [2.75, 3.05) is 11.4 Å². The summed E-state index contributed by atoms with van der Waals surface area (Å²) in [5.74, 6) is 0.701. The van der Waals surface area contributed by atoms with Crippen LogP contribution in [0.3, 0.4) is 0 Å². The van der Waals surface area contributed by atoms with E-state index in [2.05, 4.69) is 19.9 Å². The van der Waals surface area contributed by atoms with Crippen LogP contribution in [0.2, 0.25) is 10.4 Å². The largest absolute Gasteiger partial charge is 0.351 e. The quantitative estimate of drug-likeness (QED) is 0.686. The molecule has 0 aliphatic heterocycles. The summed E-state index contributed by atoms with van der Waals surface area (Å²) in [6.07, 6.45) is 3.41. The predicted octanol–water partition coefficient (Wildman–Crippen LogP) is 2.53. The molecular weight excluding hydrogens is 261 g/mol. The van der Waals surface area contributed by atoms with Crippen LogP contribution in [0, 0.1) is 0 Å². The van der Waals surface area contributed by atoms with Gasteiger partial charge in [-0.15, -0.1) is 0 Å². The number of anilines is 1. The van der Waals surface area contributed by atoms with Gasteiger partial charge in [0.05, 0.1) is 18.6 Å². The molecule has 2 heterocycles. The van der Waals surface area contributed by atoms with Crippen molar-refractivity contribution in [3.05, 3.63) is 34.7 Å². The first kappa shape index (κ1) is 12.1. The van der Waals surface area contributed by atoms with Gasteiger partial charge in [0, 0.05) is 18.8 Å². The van der Waals surface area contributed by atoms with Crippen LogP contribution in [0.4, 0.5) is 5.82 Å². The van der Waals surface area contributed by atoms with Gasteiger partial charge in [0.2, 0.25) is 5.28 Å². The van der Waals surface area contributed by atoms with Crippen LogP contribution < -0.4 is 4.90 Å². The maximum absolute atomic E-state index is 5.85. The van der Waals surface area contributed by atoms with Gasteiger partial charge in [-0.05, 0) is 18.5 Å². The molecule has 0 atom stereocenters. The highest BCUT2D eigenvalue weighted by Crippen LogP contribution is 2.19. The van der Waals surface area contributed by atoms with Crippen molar-refractivity contribution >= 4 is 29.0 Å². The second-order valence-electron chi connectivity index (χ2n) is 3.41. The molecule has 0 spiro atoms. The summed E-state index contributed by atoms with van der Waals surface area (Å²) in [7, 11) is 0. The van der Waals surface area contributed by atoms with Crippen LogP contribution in [0.25, 0.3) is 0 Å². The summed E-state index contributed by atoms with van der Waals surface area (Å²) < 4.78 is 0. The molecule has 2 aromatic rings.